The van der Waals surface area contributed by atoms with Gasteiger partial charge >= 0.3 is 6.18 Å². The highest BCUT2D eigenvalue weighted by atomic mass is 19.4. The third-order valence-corrected chi connectivity index (χ3v) is 2.71. The molecule has 0 unspecified atom stereocenters. The third-order valence-electron chi connectivity index (χ3n) is 2.71. The van der Waals surface area contributed by atoms with Crippen LogP contribution in [0.2, 0.25) is 0 Å². The summed E-state index contributed by atoms with van der Waals surface area (Å²) in [5.74, 6) is -0.278. The molecule has 0 bridgehead atoms. The second-order valence-corrected chi connectivity index (χ2v) is 4.34. The molecule has 3 nitrogen and oxygen atoms in total. The molecular formula is C13H17F3N2O. The highest BCUT2D eigenvalue weighted by molar-refractivity contribution is 5.81. The Labute approximate surface area is 110 Å². The van der Waals surface area contributed by atoms with Crippen LogP contribution < -0.4 is 5.73 Å². The predicted molar refractivity (Wildman–Crippen MR) is 66.2 cm³/mol. The van der Waals surface area contributed by atoms with Crippen LogP contribution in [0.5, 0.6) is 0 Å². The summed E-state index contributed by atoms with van der Waals surface area (Å²) >= 11 is 0. The lowest BCUT2D eigenvalue weighted by Gasteiger charge is -2.23. The van der Waals surface area contributed by atoms with Crippen LogP contribution in [-0.2, 0) is 17.5 Å². The van der Waals surface area contributed by atoms with E-state index in [1.165, 1.54) is 11.0 Å². The van der Waals surface area contributed by atoms with Crippen molar-refractivity contribution in [1.82, 2.24) is 4.90 Å². The van der Waals surface area contributed by atoms with Crippen molar-refractivity contribution < 1.29 is 18.0 Å². The predicted octanol–water partition coefficient (Wildman–Crippen LogP) is 2.40. The van der Waals surface area contributed by atoms with E-state index in [-0.39, 0.29) is 12.5 Å². The second-order valence-electron chi connectivity index (χ2n) is 4.34. The number of carbonyl (C=O) groups is 1. The fraction of sp³-hybridized carbons (Fsp3) is 0.462. The average molecular weight is 274 g/mol. The van der Waals surface area contributed by atoms with E-state index < -0.39 is 17.8 Å². The van der Waals surface area contributed by atoms with Crippen molar-refractivity contribution in [3.63, 3.8) is 0 Å². The van der Waals surface area contributed by atoms with Gasteiger partial charge in [-0.3, -0.25) is 4.79 Å². The van der Waals surface area contributed by atoms with E-state index in [2.05, 4.69) is 0 Å². The normalized spacial score (nSPS) is 13.2. The minimum absolute atomic E-state index is 0.126. The molecule has 0 aromatic heterocycles. The van der Waals surface area contributed by atoms with Crippen molar-refractivity contribution in [3.8, 4) is 0 Å². The van der Waals surface area contributed by atoms with Crippen molar-refractivity contribution >= 4 is 5.91 Å². The van der Waals surface area contributed by atoms with Gasteiger partial charge < -0.3 is 10.6 Å². The highest BCUT2D eigenvalue weighted by Crippen LogP contribution is 2.29. The van der Waals surface area contributed by atoms with Crippen LogP contribution in [0.15, 0.2) is 24.3 Å². The second kappa shape index (κ2) is 6.06. The van der Waals surface area contributed by atoms with E-state index in [0.717, 1.165) is 12.1 Å². The number of halogens is 3. The Morgan fingerprint density at radius 2 is 2.05 bits per heavy atom. The van der Waals surface area contributed by atoms with Crippen LogP contribution in [0.1, 0.15) is 25.0 Å². The first-order chi connectivity index (χ1) is 8.75. The fourth-order valence-corrected chi connectivity index (χ4v) is 1.70. The largest absolute Gasteiger partial charge is 0.416 e. The van der Waals surface area contributed by atoms with Gasteiger partial charge in [0.1, 0.15) is 0 Å². The van der Waals surface area contributed by atoms with E-state index in [0.29, 0.717) is 12.1 Å². The summed E-state index contributed by atoms with van der Waals surface area (Å²) < 4.78 is 37.7. The molecule has 0 aliphatic carbocycles. The molecule has 2 N–H and O–H groups in total. The summed E-state index contributed by atoms with van der Waals surface area (Å²) in [5.41, 5.74) is 5.22. The van der Waals surface area contributed by atoms with Crippen LogP contribution in [0.4, 0.5) is 13.2 Å². The standard InChI is InChI=1S/C13H17F3N2O/c1-3-18(12(19)9(2)17)8-10-5-4-6-11(7-10)13(14,15)16/h4-7,9H,3,8,17H2,1-2H3/t9-/m0/s1. The maximum atomic E-state index is 12.6. The van der Waals surface area contributed by atoms with E-state index in [9.17, 15) is 18.0 Å². The van der Waals surface area contributed by atoms with Crippen molar-refractivity contribution in [1.29, 1.82) is 0 Å². The first-order valence-corrected chi connectivity index (χ1v) is 5.96. The van der Waals surface area contributed by atoms with Crippen LogP contribution in [0.3, 0.4) is 0 Å². The number of likely N-dealkylation sites (N-methyl/N-ethyl adjacent to an activating group) is 1. The molecule has 0 aliphatic rings. The van der Waals surface area contributed by atoms with Gasteiger partial charge in [0, 0.05) is 13.1 Å². The summed E-state index contributed by atoms with van der Waals surface area (Å²) in [6.45, 7) is 3.84. The molecule has 0 saturated heterocycles. The molecule has 19 heavy (non-hydrogen) atoms. The summed E-state index contributed by atoms with van der Waals surface area (Å²) in [7, 11) is 0. The zero-order valence-electron chi connectivity index (χ0n) is 10.9. The number of hydrogen-bond donors (Lipinski definition) is 1. The third kappa shape index (κ3) is 4.24. The van der Waals surface area contributed by atoms with Gasteiger partial charge in [-0.15, -0.1) is 0 Å². The molecule has 6 heteroatoms. The zero-order valence-corrected chi connectivity index (χ0v) is 10.9. The van der Waals surface area contributed by atoms with Crippen LogP contribution >= 0.6 is 0 Å². The number of carbonyl (C=O) groups excluding carboxylic acids is 1. The van der Waals surface area contributed by atoms with Crippen LogP contribution in [-0.4, -0.2) is 23.4 Å². The first kappa shape index (κ1) is 15.5. The number of hydrogen-bond acceptors (Lipinski definition) is 2. The smallest absolute Gasteiger partial charge is 0.337 e. The van der Waals surface area contributed by atoms with Gasteiger partial charge in [0.25, 0.3) is 0 Å². The number of amides is 1. The molecule has 1 aromatic rings. The number of nitrogens with two attached hydrogens (primary N) is 1. The summed E-state index contributed by atoms with van der Waals surface area (Å²) in [6.07, 6.45) is -4.38. The van der Waals surface area contributed by atoms with Crippen LogP contribution in [0.25, 0.3) is 0 Å². The SMILES string of the molecule is CCN(Cc1cccc(C(F)(F)F)c1)C(=O)[C@H](C)N. The van der Waals surface area contributed by atoms with Gasteiger partial charge in [-0.1, -0.05) is 12.1 Å². The quantitative estimate of drug-likeness (QED) is 0.916. The molecule has 1 atom stereocenters. The van der Waals surface area contributed by atoms with Crippen LogP contribution in [0, 0.1) is 0 Å². The number of nitrogens with zero attached hydrogens (tertiary/aromatic N) is 1. The molecule has 0 spiro atoms. The zero-order chi connectivity index (χ0) is 14.6. The summed E-state index contributed by atoms with van der Waals surface area (Å²) in [5, 5.41) is 0. The molecule has 1 rings (SSSR count). The van der Waals surface area contributed by atoms with Crippen molar-refractivity contribution in [2.45, 2.75) is 32.6 Å². The van der Waals surface area contributed by atoms with E-state index >= 15 is 0 Å². The Morgan fingerprint density at radius 1 is 1.42 bits per heavy atom. The van der Waals surface area contributed by atoms with Gasteiger partial charge in [0.15, 0.2) is 0 Å². The van der Waals surface area contributed by atoms with E-state index in [1.54, 1.807) is 19.9 Å². The van der Waals surface area contributed by atoms with E-state index in [1.807, 2.05) is 0 Å². The molecule has 1 aromatic carbocycles. The number of alkyl halides is 3. The number of rotatable bonds is 4. The van der Waals surface area contributed by atoms with Gasteiger partial charge in [0.05, 0.1) is 11.6 Å². The maximum absolute atomic E-state index is 12.6. The highest BCUT2D eigenvalue weighted by Gasteiger charge is 2.30. The Kier molecular flexibility index (Phi) is 4.94. The van der Waals surface area contributed by atoms with E-state index in [4.69, 9.17) is 5.73 Å². The molecule has 0 fully saturated rings. The summed E-state index contributed by atoms with van der Waals surface area (Å²) in [6, 6.07) is 4.30. The lowest BCUT2D eigenvalue weighted by molar-refractivity contribution is -0.137. The Hall–Kier alpha value is -1.56. The lowest BCUT2D eigenvalue weighted by Crippen LogP contribution is -2.41. The Bertz CT molecular complexity index is 444. The molecule has 0 saturated carbocycles. The maximum Gasteiger partial charge on any atom is 0.416 e. The monoisotopic (exact) mass is 274 g/mol. The number of benzene rings is 1. The molecule has 0 heterocycles. The Balaban J connectivity index is 2.90. The molecule has 106 valence electrons. The van der Waals surface area contributed by atoms with Crippen molar-refractivity contribution in [2.75, 3.05) is 6.54 Å². The molecular weight excluding hydrogens is 257 g/mol. The fourth-order valence-electron chi connectivity index (χ4n) is 1.70. The molecule has 0 radical (unpaired) electrons. The topological polar surface area (TPSA) is 46.3 Å². The Morgan fingerprint density at radius 3 is 2.53 bits per heavy atom. The van der Waals surface area contributed by atoms with Gasteiger partial charge in [-0.2, -0.15) is 13.2 Å². The van der Waals surface area contributed by atoms with Gasteiger partial charge in [-0.25, -0.2) is 0 Å². The van der Waals surface area contributed by atoms with Gasteiger partial charge in [-0.05, 0) is 31.5 Å². The minimum Gasteiger partial charge on any atom is -0.337 e. The average Bonchev–Trinajstić information content (AvgIpc) is 2.34. The summed E-state index contributed by atoms with van der Waals surface area (Å²) in [4.78, 5) is 13.2. The van der Waals surface area contributed by atoms with Crippen molar-refractivity contribution in [3.05, 3.63) is 35.4 Å². The molecule has 1 amide bonds. The minimum atomic E-state index is -4.38. The van der Waals surface area contributed by atoms with Gasteiger partial charge in [0.2, 0.25) is 5.91 Å². The first-order valence-electron chi connectivity index (χ1n) is 5.96. The lowest BCUT2D eigenvalue weighted by atomic mass is 10.1. The molecule has 0 aliphatic heterocycles. The van der Waals surface area contributed by atoms with Crippen molar-refractivity contribution in [2.24, 2.45) is 5.73 Å².